The SMILES string of the molecule is Cc1cccc2c1OCCC2N1CCNCC1. The van der Waals surface area contributed by atoms with Gasteiger partial charge in [0.25, 0.3) is 0 Å². The number of fused-ring (bicyclic) bond motifs is 1. The first-order chi connectivity index (χ1) is 8.36. The molecule has 1 N–H and O–H groups in total. The Hall–Kier alpha value is -1.06. The van der Waals surface area contributed by atoms with Gasteiger partial charge in [-0.05, 0) is 12.5 Å². The van der Waals surface area contributed by atoms with E-state index in [0.717, 1.165) is 45.0 Å². The minimum Gasteiger partial charge on any atom is -0.493 e. The fourth-order valence-corrected chi connectivity index (χ4v) is 2.94. The lowest BCUT2D eigenvalue weighted by atomic mass is 9.96. The highest BCUT2D eigenvalue weighted by Crippen LogP contribution is 2.37. The van der Waals surface area contributed by atoms with Gasteiger partial charge in [-0.25, -0.2) is 0 Å². The van der Waals surface area contributed by atoms with Crippen LogP contribution in [0.25, 0.3) is 0 Å². The van der Waals surface area contributed by atoms with Crippen LogP contribution in [0.2, 0.25) is 0 Å². The summed E-state index contributed by atoms with van der Waals surface area (Å²) in [6.07, 6.45) is 1.12. The molecule has 1 atom stereocenters. The van der Waals surface area contributed by atoms with Crippen LogP contribution in [0, 0.1) is 6.92 Å². The largest absolute Gasteiger partial charge is 0.493 e. The third kappa shape index (κ3) is 2.05. The highest BCUT2D eigenvalue weighted by molar-refractivity contribution is 5.43. The quantitative estimate of drug-likeness (QED) is 0.798. The molecule has 0 aromatic heterocycles. The van der Waals surface area contributed by atoms with E-state index < -0.39 is 0 Å². The van der Waals surface area contributed by atoms with Crippen molar-refractivity contribution in [1.82, 2.24) is 10.2 Å². The number of ether oxygens (including phenoxy) is 1. The number of hydrogen-bond donors (Lipinski definition) is 1. The Morgan fingerprint density at radius 3 is 2.94 bits per heavy atom. The lowest BCUT2D eigenvalue weighted by molar-refractivity contribution is 0.126. The molecule has 3 heteroatoms. The van der Waals surface area contributed by atoms with Crippen LogP contribution in [0.4, 0.5) is 0 Å². The topological polar surface area (TPSA) is 24.5 Å². The molecule has 17 heavy (non-hydrogen) atoms. The number of piperazine rings is 1. The van der Waals surface area contributed by atoms with Gasteiger partial charge >= 0.3 is 0 Å². The average Bonchev–Trinajstić information content (AvgIpc) is 2.40. The van der Waals surface area contributed by atoms with E-state index >= 15 is 0 Å². The lowest BCUT2D eigenvalue weighted by Crippen LogP contribution is -2.46. The van der Waals surface area contributed by atoms with Crippen molar-refractivity contribution in [2.45, 2.75) is 19.4 Å². The Morgan fingerprint density at radius 2 is 2.12 bits per heavy atom. The number of nitrogens with one attached hydrogen (secondary N) is 1. The molecule has 3 nitrogen and oxygen atoms in total. The summed E-state index contributed by atoms with van der Waals surface area (Å²) in [4.78, 5) is 2.59. The Bertz CT molecular complexity index is 399. The molecule has 1 saturated heterocycles. The Morgan fingerprint density at radius 1 is 1.29 bits per heavy atom. The van der Waals surface area contributed by atoms with E-state index in [0.29, 0.717) is 6.04 Å². The predicted octanol–water partition coefficient (Wildman–Crippen LogP) is 1.72. The van der Waals surface area contributed by atoms with E-state index in [1.165, 1.54) is 11.1 Å². The Balaban J connectivity index is 1.90. The van der Waals surface area contributed by atoms with Gasteiger partial charge in [0, 0.05) is 44.2 Å². The summed E-state index contributed by atoms with van der Waals surface area (Å²) in [6.45, 7) is 7.51. The summed E-state index contributed by atoms with van der Waals surface area (Å²) in [5.74, 6) is 1.13. The zero-order valence-electron chi connectivity index (χ0n) is 10.4. The average molecular weight is 232 g/mol. The number of rotatable bonds is 1. The first-order valence-electron chi connectivity index (χ1n) is 6.53. The van der Waals surface area contributed by atoms with Crippen LogP contribution in [0.1, 0.15) is 23.6 Å². The molecule has 1 aromatic carbocycles. The summed E-state index contributed by atoms with van der Waals surface area (Å²) in [5, 5.41) is 3.42. The summed E-state index contributed by atoms with van der Waals surface area (Å²) in [5.41, 5.74) is 2.65. The molecule has 0 amide bonds. The molecule has 0 saturated carbocycles. The molecule has 0 radical (unpaired) electrons. The molecule has 2 heterocycles. The van der Waals surface area contributed by atoms with Gasteiger partial charge in [-0.3, -0.25) is 4.90 Å². The van der Waals surface area contributed by atoms with Crippen molar-refractivity contribution in [3.63, 3.8) is 0 Å². The third-order valence-corrected chi connectivity index (χ3v) is 3.83. The Labute approximate surface area is 103 Å². The minimum absolute atomic E-state index is 0.556. The zero-order valence-corrected chi connectivity index (χ0v) is 10.4. The molecular weight excluding hydrogens is 212 g/mol. The molecule has 0 bridgehead atoms. The van der Waals surface area contributed by atoms with Crippen molar-refractivity contribution < 1.29 is 4.74 Å². The van der Waals surface area contributed by atoms with Crippen LogP contribution in [0.5, 0.6) is 5.75 Å². The van der Waals surface area contributed by atoms with E-state index in [9.17, 15) is 0 Å². The fraction of sp³-hybridized carbons (Fsp3) is 0.571. The van der Waals surface area contributed by atoms with Gasteiger partial charge in [0.2, 0.25) is 0 Å². The van der Waals surface area contributed by atoms with Gasteiger partial charge in [0.1, 0.15) is 5.75 Å². The molecular formula is C14H20N2O. The normalized spacial score (nSPS) is 25.1. The van der Waals surface area contributed by atoms with E-state index in [4.69, 9.17) is 4.74 Å². The van der Waals surface area contributed by atoms with E-state index in [2.05, 4.69) is 35.3 Å². The number of hydrogen-bond acceptors (Lipinski definition) is 3. The van der Waals surface area contributed by atoms with Crippen molar-refractivity contribution in [2.24, 2.45) is 0 Å². The van der Waals surface area contributed by atoms with Gasteiger partial charge in [0.15, 0.2) is 0 Å². The summed E-state index contributed by atoms with van der Waals surface area (Å²) < 4.78 is 5.83. The zero-order chi connectivity index (χ0) is 11.7. The molecule has 2 aliphatic heterocycles. The van der Waals surface area contributed by atoms with E-state index in [-0.39, 0.29) is 0 Å². The molecule has 92 valence electrons. The fourth-order valence-electron chi connectivity index (χ4n) is 2.94. The minimum atomic E-state index is 0.556. The lowest BCUT2D eigenvalue weighted by Gasteiger charge is -2.38. The van der Waals surface area contributed by atoms with Crippen molar-refractivity contribution in [3.8, 4) is 5.75 Å². The predicted molar refractivity (Wildman–Crippen MR) is 68.5 cm³/mol. The van der Waals surface area contributed by atoms with Gasteiger partial charge < -0.3 is 10.1 Å². The molecule has 1 unspecified atom stereocenters. The van der Waals surface area contributed by atoms with E-state index in [1.807, 2.05) is 0 Å². The molecule has 0 aliphatic carbocycles. The maximum absolute atomic E-state index is 5.83. The molecule has 3 rings (SSSR count). The standard InChI is InChI=1S/C14H20N2O/c1-11-3-2-4-12-13(5-10-17-14(11)12)16-8-6-15-7-9-16/h2-4,13,15H,5-10H2,1H3. The second kappa shape index (κ2) is 4.67. The highest BCUT2D eigenvalue weighted by Gasteiger charge is 2.28. The molecule has 2 aliphatic rings. The first kappa shape index (κ1) is 11.1. The second-order valence-electron chi connectivity index (χ2n) is 4.93. The maximum atomic E-state index is 5.83. The van der Waals surface area contributed by atoms with Crippen molar-refractivity contribution in [3.05, 3.63) is 29.3 Å². The first-order valence-corrected chi connectivity index (χ1v) is 6.53. The van der Waals surface area contributed by atoms with Crippen LogP contribution in [-0.2, 0) is 0 Å². The van der Waals surface area contributed by atoms with Crippen molar-refractivity contribution >= 4 is 0 Å². The van der Waals surface area contributed by atoms with E-state index in [1.54, 1.807) is 0 Å². The van der Waals surface area contributed by atoms with Crippen LogP contribution >= 0.6 is 0 Å². The maximum Gasteiger partial charge on any atom is 0.126 e. The van der Waals surface area contributed by atoms with Crippen molar-refractivity contribution in [1.29, 1.82) is 0 Å². The monoisotopic (exact) mass is 232 g/mol. The number of benzene rings is 1. The third-order valence-electron chi connectivity index (χ3n) is 3.83. The van der Waals surface area contributed by atoms with Crippen LogP contribution in [0.3, 0.4) is 0 Å². The smallest absolute Gasteiger partial charge is 0.126 e. The van der Waals surface area contributed by atoms with Gasteiger partial charge in [-0.1, -0.05) is 18.2 Å². The van der Waals surface area contributed by atoms with Crippen LogP contribution in [0.15, 0.2) is 18.2 Å². The molecule has 1 aromatic rings. The Kier molecular flexibility index (Phi) is 3.04. The summed E-state index contributed by atoms with van der Waals surface area (Å²) >= 11 is 0. The molecule has 1 fully saturated rings. The number of aryl methyl sites for hydroxylation is 1. The summed E-state index contributed by atoms with van der Waals surface area (Å²) in [6, 6.07) is 7.08. The van der Waals surface area contributed by atoms with Crippen LogP contribution in [-0.4, -0.2) is 37.7 Å². The summed E-state index contributed by atoms with van der Waals surface area (Å²) in [7, 11) is 0. The van der Waals surface area contributed by atoms with Gasteiger partial charge in [-0.15, -0.1) is 0 Å². The number of nitrogens with zero attached hydrogens (tertiary/aromatic N) is 1. The highest BCUT2D eigenvalue weighted by atomic mass is 16.5. The van der Waals surface area contributed by atoms with Crippen molar-refractivity contribution in [2.75, 3.05) is 32.8 Å². The van der Waals surface area contributed by atoms with Crippen LogP contribution < -0.4 is 10.1 Å². The molecule has 0 spiro atoms. The number of para-hydroxylation sites is 1. The van der Waals surface area contributed by atoms with Gasteiger partial charge in [0.05, 0.1) is 6.61 Å². The second-order valence-corrected chi connectivity index (χ2v) is 4.93. The van der Waals surface area contributed by atoms with Gasteiger partial charge in [-0.2, -0.15) is 0 Å².